The van der Waals surface area contributed by atoms with E-state index in [9.17, 15) is 4.79 Å². The molecule has 1 aliphatic rings. The maximum Gasteiger partial charge on any atom is 0.223 e. The van der Waals surface area contributed by atoms with Crippen molar-refractivity contribution in [3.05, 3.63) is 46.1 Å². The molecule has 23 heavy (non-hydrogen) atoms. The van der Waals surface area contributed by atoms with E-state index in [-0.39, 0.29) is 11.2 Å². The molecule has 0 saturated carbocycles. The molecule has 1 aliphatic carbocycles. The van der Waals surface area contributed by atoms with Crippen molar-refractivity contribution in [1.82, 2.24) is 9.78 Å². The summed E-state index contributed by atoms with van der Waals surface area (Å²) in [6.45, 7) is 4.61. The fourth-order valence-corrected chi connectivity index (χ4v) is 3.87. The Morgan fingerprint density at radius 3 is 2.91 bits per heavy atom. The molecule has 0 spiro atoms. The lowest BCUT2D eigenvalue weighted by Crippen LogP contribution is -2.13. The molecule has 0 saturated heterocycles. The van der Waals surface area contributed by atoms with Gasteiger partial charge in [-0.1, -0.05) is 12.1 Å². The van der Waals surface area contributed by atoms with Gasteiger partial charge in [0, 0.05) is 12.1 Å². The average molecular weight is 333 g/mol. The molecule has 4 nitrogen and oxygen atoms in total. The van der Waals surface area contributed by atoms with Crippen LogP contribution in [-0.4, -0.2) is 22.7 Å². The highest BCUT2D eigenvalue weighted by Crippen LogP contribution is 2.38. The first-order valence-electron chi connectivity index (χ1n) is 7.99. The highest BCUT2D eigenvalue weighted by Gasteiger charge is 2.26. The minimum atomic E-state index is -0.0590. The molecule has 0 fully saturated rings. The first kappa shape index (κ1) is 16.1. The summed E-state index contributed by atoms with van der Waals surface area (Å²) in [5.74, 6) is 0.452. The summed E-state index contributed by atoms with van der Waals surface area (Å²) in [7, 11) is 1.56. The van der Waals surface area contributed by atoms with E-state index in [1.165, 1.54) is 5.56 Å². The summed E-state index contributed by atoms with van der Waals surface area (Å²) in [6, 6.07) is 3.95. The molecule has 122 valence electrons. The van der Waals surface area contributed by atoms with E-state index in [1.54, 1.807) is 18.0 Å². The van der Waals surface area contributed by atoms with Crippen molar-refractivity contribution in [2.75, 3.05) is 7.11 Å². The van der Waals surface area contributed by atoms with Gasteiger partial charge in [0.2, 0.25) is 5.88 Å². The molecule has 1 aromatic heterocycles. The van der Waals surface area contributed by atoms with Crippen LogP contribution in [0.4, 0.5) is 0 Å². The maximum absolute atomic E-state index is 13.0. The number of halogens is 1. The summed E-state index contributed by atoms with van der Waals surface area (Å²) in [6.07, 6.45) is 4.68. The van der Waals surface area contributed by atoms with Crippen LogP contribution in [0.2, 0.25) is 0 Å². The summed E-state index contributed by atoms with van der Waals surface area (Å²) in [5, 5.41) is 4.22. The van der Waals surface area contributed by atoms with E-state index in [0.717, 1.165) is 30.4 Å². The monoisotopic (exact) mass is 332 g/mol. The van der Waals surface area contributed by atoms with Crippen LogP contribution in [-0.2, 0) is 13.0 Å². The van der Waals surface area contributed by atoms with Crippen LogP contribution in [0.5, 0.6) is 5.88 Å². The second kappa shape index (κ2) is 6.36. The molecule has 0 N–H and O–H groups in total. The standard InChI is InChI=1S/C18H21ClN2O2/c1-4-21-18(23-3)14(10-20-21)17(22)13-9-8-12-6-5-7-15(19)16(12)11(13)2/h8-10,15H,4-7H2,1-3H3. The molecule has 1 unspecified atom stereocenters. The predicted octanol–water partition coefficient (Wildman–Crippen LogP) is 4.07. The number of aryl methyl sites for hydroxylation is 2. The lowest BCUT2D eigenvalue weighted by molar-refractivity contribution is 0.103. The number of hydrogen-bond acceptors (Lipinski definition) is 3. The Kier molecular flexibility index (Phi) is 4.44. The zero-order chi connectivity index (χ0) is 16.6. The Balaban J connectivity index is 2.07. The quantitative estimate of drug-likeness (QED) is 0.626. The van der Waals surface area contributed by atoms with Crippen LogP contribution < -0.4 is 4.74 Å². The zero-order valence-electron chi connectivity index (χ0n) is 13.7. The number of carbonyl (C=O) groups excluding carboxylic acids is 1. The van der Waals surface area contributed by atoms with Crippen molar-refractivity contribution in [2.45, 2.75) is 45.0 Å². The number of carbonyl (C=O) groups is 1. The van der Waals surface area contributed by atoms with Crippen LogP contribution in [0, 0.1) is 6.92 Å². The molecule has 1 heterocycles. The summed E-state index contributed by atoms with van der Waals surface area (Å²) < 4.78 is 7.06. The molecule has 3 rings (SSSR count). The van der Waals surface area contributed by atoms with E-state index >= 15 is 0 Å². The fraction of sp³-hybridized carbons (Fsp3) is 0.444. The smallest absolute Gasteiger partial charge is 0.223 e. The third-order valence-corrected chi connectivity index (χ3v) is 5.03. The Bertz CT molecular complexity index is 752. The molecule has 0 amide bonds. The largest absolute Gasteiger partial charge is 0.481 e. The average Bonchev–Trinajstić information content (AvgIpc) is 2.97. The number of methoxy groups -OCH3 is 1. The highest BCUT2D eigenvalue weighted by molar-refractivity contribution is 6.21. The van der Waals surface area contributed by atoms with Crippen molar-refractivity contribution in [3.8, 4) is 5.88 Å². The van der Waals surface area contributed by atoms with Crippen LogP contribution in [0.1, 0.15) is 57.8 Å². The molecule has 1 atom stereocenters. The number of benzene rings is 1. The lowest BCUT2D eigenvalue weighted by atomic mass is 9.84. The molecule has 5 heteroatoms. The first-order valence-corrected chi connectivity index (χ1v) is 8.43. The second-order valence-electron chi connectivity index (χ2n) is 5.88. The zero-order valence-corrected chi connectivity index (χ0v) is 14.5. The first-order chi connectivity index (χ1) is 11.1. The minimum absolute atomic E-state index is 0.00763. The van der Waals surface area contributed by atoms with E-state index in [0.29, 0.717) is 23.6 Å². The lowest BCUT2D eigenvalue weighted by Gasteiger charge is -2.24. The minimum Gasteiger partial charge on any atom is -0.481 e. The SMILES string of the molecule is CCn1ncc(C(=O)c2ccc3c(c2C)C(Cl)CCC3)c1OC. The topological polar surface area (TPSA) is 44.1 Å². The van der Waals surface area contributed by atoms with Gasteiger partial charge in [-0.25, -0.2) is 4.68 Å². The van der Waals surface area contributed by atoms with Crippen molar-refractivity contribution in [2.24, 2.45) is 0 Å². The number of ether oxygens (including phenoxy) is 1. The molecule has 0 aliphatic heterocycles. The summed E-state index contributed by atoms with van der Waals surface area (Å²) in [4.78, 5) is 13.0. The van der Waals surface area contributed by atoms with Gasteiger partial charge in [0.05, 0.1) is 18.7 Å². The van der Waals surface area contributed by atoms with Crippen LogP contribution in [0.25, 0.3) is 0 Å². The molecule has 2 aromatic rings. The Labute approximate surface area is 141 Å². The normalized spacial score (nSPS) is 17.0. The van der Waals surface area contributed by atoms with Gasteiger partial charge in [-0.15, -0.1) is 11.6 Å². The second-order valence-corrected chi connectivity index (χ2v) is 6.41. The van der Waals surface area contributed by atoms with Gasteiger partial charge in [-0.2, -0.15) is 5.10 Å². The van der Waals surface area contributed by atoms with Crippen molar-refractivity contribution in [3.63, 3.8) is 0 Å². The van der Waals surface area contributed by atoms with Crippen molar-refractivity contribution < 1.29 is 9.53 Å². The Morgan fingerprint density at radius 2 is 2.22 bits per heavy atom. The van der Waals surface area contributed by atoms with E-state index in [1.807, 2.05) is 26.0 Å². The molecular weight excluding hydrogens is 312 g/mol. The van der Waals surface area contributed by atoms with Crippen LogP contribution >= 0.6 is 11.6 Å². The van der Waals surface area contributed by atoms with Gasteiger partial charge in [-0.3, -0.25) is 4.79 Å². The number of aromatic nitrogens is 2. The predicted molar refractivity (Wildman–Crippen MR) is 90.6 cm³/mol. The maximum atomic E-state index is 13.0. The van der Waals surface area contributed by atoms with Gasteiger partial charge in [-0.05, 0) is 49.8 Å². The number of fused-ring (bicyclic) bond motifs is 1. The van der Waals surface area contributed by atoms with Crippen molar-refractivity contribution in [1.29, 1.82) is 0 Å². The molecule has 1 aromatic carbocycles. The van der Waals surface area contributed by atoms with Gasteiger partial charge < -0.3 is 4.74 Å². The van der Waals surface area contributed by atoms with E-state index in [2.05, 4.69) is 5.10 Å². The number of ketones is 1. The summed E-state index contributed by atoms with van der Waals surface area (Å²) in [5.41, 5.74) is 4.57. The Hall–Kier alpha value is -1.81. The fourth-order valence-electron chi connectivity index (χ4n) is 3.42. The third-order valence-electron chi connectivity index (χ3n) is 4.60. The summed E-state index contributed by atoms with van der Waals surface area (Å²) >= 11 is 6.51. The molecule has 0 radical (unpaired) electrons. The van der Waals surface area contributed by atoms with Gasteiger partial charge in [0.15, 0.2) is 5.78 Å². The third kappa shape index (κ3) is 2.65. The number of hydrogen-bond donors (Lipinski definition) is 0. The van der Waals surface area contributed by atoms with Gasteiger partial charge >= 0.3 is 0 Å². The molecule has 0 bridgehead atoms. The van der Waals surface area contributed by atoms with Crippen LogP contribution in [0.15, 0.2) is 18.3 Å². The van der Waals surface area contributed by atoms with E-state index in [4.69, 9.17) is 16.3 Å². The Morgan fingerprint density at radius 1 is 1.43 bits per heavy atom. The number of rotatable bonds is 4. The number of nitrogens with zero attached hydrogens (tertiary/aromatic N) is 2. The highest BCUT2D eigenvalue weighted by atomic mass is 35.5. The molecular formula is C18H21ClN2O2. The van der Waals surface area contributed by atoms with E-state index < -0.39 is 0 Å². The van der Waals surface area contributed by atoms with Gasteiger partial charge in [0.25, 0.3) is 0 Å². The van der Waals surface area contributed by atoms with Crippen molar-refractivity contribution >= 4 is 17.4 Å². The number of alkyl halides is 1. The van der Waals surface area contributed by atoms with Gasteiger partial charge in [0.1, 0.15) is 5.56 Å². The van der Waals surface area contributed by atoms with Crippen LogP contribution in [0.3, 0.4) is 0 Å².